The number of nitrogens with one attached hydrogen (secondary N) is 1. The molecule has 0 aliphatic carbocycles. The van der Waals surface area contributed by atoms with E-state index in [2.05, 4.69) is 68.2 Å². The fourth-order valence-electron chi connectivity index (χ4n) is 2.83. The maximum Gasteiger partial charge on any atom is 0.194 e. The first-order valence-corrected chi connectivity index (χ1v) is 9.59. The lowest BCUT2D eigenvalue weighted by Crippen LogP contribution is -2.39. The Balaban J connectivity index is 0.00000625. The monoisotopic (exact) mass is 478 g/mol. The topological polar surface area (TPSA) is 48.7 Å². The Bertz CT molecular complexity index is 526. The lowest BCUT2D eigenvalue weighted by Gasteiger charge is -2.23. The summed E-state index contributed by atoms with van der Waals surface area (Å²) in [6.45, 7) is 13.4. The predicted molar refractivity (Wildman–Crippen MR) is 123 cm³/mol. The van der Waals surface area contributed by atoms with Gasteiger partial charge in [0.2, 0.25) is 0 Å². The molecule has 6 nitrogen and oxygen atoms in total. The standard InChI is InChI=1S/C19H38N6.HI/c1-8-10-12-23(5)13-11-21-19(20-9-2)24(6)14-17-15-25(7)22-18(17)16(3)4;/h15-16H,8-14H2,1-7H3,(H,20,21);1H. The molecule has 0 saturated carbocycles. The average Bonchev–Trinajstić information content (AvgIpc) is 2.92. The van der Waals surface area contributed by atoms with Crippen LogP contribution in [0.2, 0.25) is 0 Å². The molecule has 1 aromatic rings. The Labute approximate surface area is 177 Å². The van der Waals surface area contributed by atoms with E-state index >= 15 is 0 Å². The third-order valence-corrected chi connectivity index (χ3v) is 4.22. The van der Waals surface area contributed by atoms with Crippen molar-refractivity contribution in [2.75, 3.05) is 40.3 Å². The quantitative estimate of drug-likeness (QED) is 0.319. The van der Waals surface area contributed by atoms with Gasteiger partial charge in [-0.25, -0.2) is 0 Å². The van der Waals surface area contributed by atoms with Crippen LogP contribution in [0.5, 0.6) is 0 Å². The van der Waals surface area contributed by atoms with Crippen molar-refractivity contribution in [3.05, 3.63) is 17.5 Å². The minimum Gasteiger partial charge on any atom is -0.357 e. The Kier molecular flexibility index (Phi) is 12.9. The van der Waals surface area contributed by atoms with Crippen molar-refractivity contribution in [2.24, 2.45) is 12.0 Å². The van der Waals surface area contributed by atoms with Crippen LogP contribution in [-0.2, 0) is 13.6 Å². The summed E-state index contributed by atoms with van der Waals surface area (Å²) in [4.78, 5) is 9.35. The van der Waals surface area contributed by atoms with Gasteiger partial charge in [-0.15, -0.1) is 24.0 Å². The van der Waals surface area contributed by atoms with E-state index in [1.165, 1.54) is 24.1 Å². The number of unbranched alkanes of at least 4 members (excludes halogenated alkanes) is 1. The number of halogens is 1. The number of likely N-dealkylation sites (N-methyl/N-ethyl adjacent to an activating group) is 1. The van der Waals surface area contributed by atoms with Crippen LogP contribution in [0, 0.1) is 0 Å². The van der Waals surface area contributed by atoms with Crippen LogP contribution in [0.1, 0.15) is 57.7 Å². The molecule has 152 valence electrons. The second-order valence-electron chi connectivity index (χ2n) is 7.12. The lowest BCUT2D eigenvalue weighted by atomic mass is 10.1. The van der Waals surface area contributed by atoms with Gasteiger partial charge in [0.1, 0.15) is 0 Å². The molecule has 0 bridgehead atoms. The van der Waals surface area contributed by atoms with Crippen molar-refractivity contribution < 1.29 is 0 Å². The maximum atomic E-state index is 4.80. The molecule has 0 unspecified atom stereocenters. The van der Waals surface area contributed by atoms with Crippen molar-refractivity contribution in [1.82, 2.24) is 24.9 Å². The van der Waals surface area contributed by atoms with Crippen LogP contribution >= 0.6 is 24.0 Å². The van der Waals surface area contributed by atoms with Crippen molar-refractivity contribution >= 4 is 29.9 Å². The van der Waals surface area contributed by atoms with Crippen LogP contribution < -0.4 is 5.32 Å². The predicted octanol–water partition coefficient (Wildman–Crippen LogP) is 3.29. The Morgan fingerprint density at radius 3 is 2.54 bits per heavy atom. The summed E-state index contributed by atoms with van der Waals surface area (Å²) in [5.41, 5.74) is 2.44. The van der Waals surface area contributed by atoms with E-state index < -0.39 is 0 Å². The molecule has 0 fully saturated rings. The van der Waals surface area contributed by atoms with E-state index in [1.807, 2.05) is 11.7 Å². The summed E-state index contributed by atoms with van der Waals surface area (Å²) in [6, 6.07) is 0. The van der Waals surface area contributed by atoms with Crippen molar-refractivity contribution in [1.29, 1.82) is 0 Å². The largest absolute Gasteiger partial charge is 0.357 e. The maximum absolute atomic E-state index is 4.80. The van der Waals surface area contributed by atoms with Gasteiger partial charge in [-0.05, 0) is 32.9 Å². The zero-order chi connectivity index (χ0) is 18.8. The van der Waals surface area contributed by atoms with Gasteiger partial charge in [-0.1, -0.05) is 27.2 Å². The van der Waals surface area contributed by atoms with Gasteiger partial charge in [0, 0.05) is 45.5 Å². The first kappa shape index (κ1) is 25.2. The molecule has 26 heavy (non-hydrogen) atoms. The van der Waals surface area contributed by atoms with Gasteiger partial charge in [-0.2, -0.15) is 5.10 Å². The molecule has 1 heterocycles. The number of rotatable bonds is 10. The summed E-state index contributed by atoms with van der Waals surface area (Å²) in [7, 11) is 6.26. The smallest absolute Gasteiger partial charge is 0.194 e. The van der Waals surface area contributed by atoms with Crippen LogP contribution in [0.15, 0.2) is 11.2 Å². The van der Waals surface area contributed by atoms with Gasteiger partial charge in [0.05, 0.1) is 12.2 Å². The Morgan fingerprint density at radius 1 is 1.27 bits per heavy atom. The highest BCUT2D eigenvalue weighted by molar-refractivity contribution is 14.0. The zero-order valence-electron chi connectivity index (χ0n) is 17.7. The molecule has 0 spiro atoms. The highest BCUT2D eigenvalue weighted by Gasteiger charge is 2.15. The number of aryl methyl sites for hydroxylation is 1. The summed E-state index contributed by atoms with van der Waals surface area (Å²) in [5.74, 6) is 1.39. The zero-order valence-corrected chi connectivity index (χ0v) is 20.1. The molecule has 0 aromatic carbocycles. The van der Waals surface area contributed by atoms with E-state index in [1.54, 1.807) is 0 Å². The third kappa shape index (κ3) is 8.70. The Morgan fingerprint density at radius 2 is 1.96 bits per heavy atom. The molecule has 0 aliphatic rings. The van der Waals surface area contributed by atoms with Crippen LogP contribution in [0.3, 0.4) is 0 Å². The van der Waals surface area contributed by atoms with Gasteiger partial charge in [0.15, 0.2) is 5.96 Å². The molecule has 1 N–H and O–H groups in total. The lowest BCUT2D eigenvalue weighted by molar-refractivity contribution is 0.336. The number of aromatic nitrogens is 2. The highest BCUT2D eigenvalue weighted by atomic mass is 127. The van der Waals surface area contributed by atoms with Crippen LogP contribution in [0.25, 0.3) is 0 Å². The second kappa shape index (κ2) is 13.4. The molecule has 0 amide bonds. The molecular weight excluding hydrogens is 439 g/mol. The minimum absolute atomic E-state index is 0. The van der Waals surface area contributed by atoms with Gasteiger partial charge < -0.3 is 15.1 Å². The molecular formula is C19H39IN6. The number of nitrogens with zero attached hydrogens (tertiary/aromatic N) is 5. The summed E-state index contributed by atoms with van der Waals surface area (Å²) >= 11 is 0. The van der Waals surface area contributed by atoms with Gasteiger partial charge in [-0.3, -0.25) is 9.67 Å². The number of hydrogen-bond acceptors (Lipinski definition) is 3. The molecule has 0 aliphatic heterocycles. The van der Waals surface area contributed by atoms with Crippen LogP contribution in [0.4, 0.5) is 0 Å². The summed E-state index contributed by atoms with van der Waals surface area (Å²) in [5, 5.41) is 8.01. The SMILES string of the molecule is CCCCN(C)CCN=C(NCC)N(C)Cc1cn(C)nc1C(C)C.I. The fraction of sp³-hybridized carbons (Fsp3) is 0.789. The molecule has 0 atom stereocenters. The van der Waals surface area contributed by atoms with Crippen LogP contribution in [-0.4, -0.2) is 65.8 Å². The highest BCUT2D eigenvalue weighted by Crippen LogP contribution is 2.18. The first-order valence-electron chi connectivity index (χ1n) is 9.59. The molecule has 0 saturated heterocycles. The number of guanidine groups is 1. The molecule has 7 heteroatoms. The van der Waals surface area contributed by atoms with Crippen molar-refractivity contribution in [3.63, 3.8) is 0 Å². The second-order valence-corrected chi connectivity index (χ2v) is 7.12. The Hall–Kier alpha value is -0.830. The number of hydrogen-bond donors (Lipinski definition) is 1. The first-order chi connectivity index (χ1) is 11.9. The summed E-state index contributed by atoms with van der Waals surface area (Å²) in [6.07, 6.45) is 4.61. The van der Waals surface area contributed by atoms with E-state index in [9.17, 15) is 0 Å². The van der Waals surface area contributed by atoms with E-state index in [-0.39, 0.29) is 24.0 Å². The number of aliphatic imine (C=N–C) groups is 1. The van der Waals surface area contributed by atoms with Gasteiger partial charge >= 0.3 is 0 Å². The van der Waals surface area contributed by atoms with E-state index in [0.717, 1.165) is 38.7 Å². The third-order valence-electron chi connectivity index (χ3n) is 4.22. The average molecular weight is 478 g/mol. The molecule has 1 aromatic heterocycles. The summed E-state index contributed by atoms with van der Waals surface area (Å²) < 4.78 is 1.91. The van der Waals surface area contributed by atoms with Crippen molar-refractivity contribution in [3.8, 4) is 0 Å². The molecule has 0 radical (unpaired) electrons. The normalized spacial score (nSPS) is 11.8. The van der Waals surface area contributed by atoms with Gasteiger partial charge in [0.25, 0.3) is 0 Å². The van der Waals surface area contributed by atoms with E-state index in [0.29, 0.717) is 5.92 Å². The fourth-order valence-corrected chi connectivity index (χ4v) is 2.83. The molecule has 1 rings (SSSR count). The van der Waals surface area contributed by atoms with E-state index in [4.69, 9.17) is 4.99 Å². The van der Waals surface area contributed by atoms with Crippen molar-refractivity contribution in [2.45, 2.75) is 53.0 Å². The minimum atomic E-state index is 0.